The summed E-state index contributed by atoms with van der Waals surface area (Å²) in [5.74, 6) is 1.08. The largest absolute Gasteiger partial charge is 0.374 e. The number of fused-ring (bicyclic) bond motifs is 6. The van der Waals surface area contributed by atoms with Crippen LogP contribution in [-0.2, 0) is 22.4 Å². The normalized spacial score (nSPS) is 24.0. The zero-order chi connectivity index (χ0) is 22.1. The van der Waals surface area contributed by atoms with Crippen molar-refractivity contribution in [3.8, 4) is 0 Å². The molecule has 2 aliphatic heterocycles. The van der Waals surface area contributed by atoms with Crippen LogP contribution in [0.1, 0.15) is 23.3 Å². The predicted octanol–water partition coefficient (Wildman–Crippen LogP) is 3.84. The summed E-state index contributed by atoms with van der Waals surface area (Å²) in [4.78, 5) is 26.6. The fraction of sp³-hybridized carbons (Fsp3) is 0.391. The molecule has 1 amide bonds. The van der Waals surface area contributed by atoms with Gasteiger partial charge in [-0.25, -0.2) is 14.5 Å². The number of halogens is 1. The van der Waals surface area contributed by atoms with Gasteiger partial charge < -0.3 is 15.0 Å². The number of carbonyl (C=O) groups is 1. The Labute approximate surface area is 198 Å². The van der Waals surface area contributed by atoms with Gasteiger partial charge in [0.25, 0.3) is 0 Å². The molecular weight excluding hydrogens is 460 g/mol. The molecule has 0 unspecified atom stereocenters. The summed E-state index contributed by atoms with van der Waals surface area (Å²) in [6.07, 6.45) is 8.81. The standard InChI is InChI=1S/C23H21ClN6O2S/c24-17-9-30-13(3-4-27-30)7-18(17)28-21-20-16-2-1-12(5-19(16)33-22(20)26-11-25-21)23(31)29-8-15-6-14(29)10-32-15/h3-4,7,9,11-12,14-15H,1-2,5-6,8,10H2,(H,25,26,28)/t12-,14-,15-/m0/s1. The van der Waals surface area contributed by atoms with Crippen molar-refractivity contribution in [2.24, 2.45) is 5.92 Å². The third-order valence-electron chi connectivity index (χ3n) is 7.12. The molecule has 1 aliphatic carbocycles. The molecule has 2 saturated heterocycles. The van der Waals surface area contributed by atoms with E-state index in [1.54, 1.807) is 34.6 Å². The van der Waals surface area contributed by atoms with Gasteiger partial charge in [0.2, 0.25) is 5.91 Å². The number of nitrogens with one attached hydrogen (secondary N) is 1. The highest BCUT2D eigenvalue weighted by molar-refractivity contribution is 7.19. The minimum Gasteiger partial charge on any atom is -0.374 e. The zero-order valence-electron chi connectivity index (χ0n) is 17.7. The Morgan fingerprint density at radius 3 is 3.12 bits per heavy atom. The molecule has 0 spiro atoms. The molecule has 33 heavy (non-hydrogen) atoms. The molecule has 2 fully saturated rings. The molecule has 1 N–H and O–H groups in total. The Hall–Kier alpha value is -2.75. The van der Waals surface area contributed by atoms with Crippen LogP contribution in [0.3, 0.4) is 0 Å². The van der Waals surface area contributed by atoms with E-state index in [9.17, 15) is 4.79 Å². The molecule has 2 bridgehead atoms. The SMILES string of the molecule is O=C([C@H]1CCc2c(sc3ncnc(Nc4cc5ccnn5cc4Cl)c23)C1)N1C[C@@H]2C[C@H]1CO2. The number of likely N-dealkylation sites (tertiary alicyclic amines) is 1. The van der Waals surface area contributed by atoms with Crippen LogP contribution in [0, 0.1) is 5.92 Å². The lowest BCUT2D eigenvalue weighted by atomic mass is 9.86. The van der Waals surface area contributed by atoms with E-state index in [1.807, 2.05) is 12.1 Å². The Morgan fingerprint density at radius 1 is 1.33 bits per heavy atom. The van der Waals surface area contributed by atoms with Crippen LogP contribution < -0.4 is 5.32 Å². The lowest BCUT2D eigenvalue weighted by Crippen LogP contribution is -2.45. The number of thiophene rings is 1. The Kier molecular flexibility index (Phi) is 4.40. The maximum atomic E-state index is 13.3. The summed E-state index contributed by atoms with van der Waals surface area (Å²) in [5.41, 5.74) is 2.98. The van der Waals surface area contributed by atoms with Gasteiger partial charge in [-0.1, -0.05) is 11.6 Å². The van der Waals surface area contributed by atoms with Gasteiger partial charge in [-0.3, -0.25) is 4.79 Å². The first-order chi connectivity index (χ1) is 16.1. The number of hydrogen-bond donors (Lipinski definition) is 1. The maximum absolute atomic E-state index is 13.3. The molecule has 0 saturated carbocycles. The Balaban J connectivity index is 1.20. The van der Waals surface area contributed by atoms with Gasteiger partial charge in [-0.05, 0) is 43.4 Å². The highest BCUT2D eigenvalue weighted by Gasteiger charge is 2.43. The fourth-order valence-corrected chi connectivity index (χ4v) is 6.94. The smallest absolute Gasteiger partial charge is 0.226 e. The number of hydrogen-bond acceptors (Lipinski definition) is 7. The summed E-state index contributed by atoms with van der Waals surface area (Å²) in [6, 6.07) is 4.16. The number of rotatable bonds is 3. The molecule has 10 heteroatoms. The number of nitrogens with zero attached hydrogens (tertiary/aromatic N) is 5. The molecule has 168 valence electrons. The van der Waals surface area contributed by atoms with E-state index in [0.717, 1.165) is 59.5 Å². The van der Waals surface area contributed by atoms with Crippen molar-refractivity contribution in [3.63, 3.8) is 0 Å². The van der Waals surface area contributed by atoms with Crippen molar-refractivity contribution in [3.05, 3.63) is 46.3 Å². The van der Waals surface area contributed by atoms with Crippen LogP contribution >= 0.6 is 22.9 Å². The quantitative estimate of drug-likeness (QED) is 0.479. The topological polar surface area (TPSA) is 84.7 Å². The maximum Gasteiger partial charge on any atom is 0.226 e. The number of aryl methyl sites for hydroxylation is 1. The molecule has 6 heterocycles. The molecule has 0 radical (unpaired) electrons. The summed E-state index contributed by atoms with van der Waals surface area (Å²) in [6.45, 7) is 1.44. The molecular formula is C23H21ClN6O2S. The van der Waals surface area contributed by atoms with E-state index in [0.29, 0.717) is 17.5 Å². The number of anilines is 2. The number of carbonyl (C=O) groups excluding carboxylic acids is 1. The first kappa shape index (κ1) is 19.7. The lowest BCUT2D eigenvalue weighted by molar-refractivity contribution is -0.140. The summed E-state index contributed by atoms with van der Waals surface area (Å²) in [7, 11) is 0. The van der Waals surface area contributed by atoms with Gasteiger partial charge in [-0.15, -0.1) is 11.3 Å². The van der Waals surface area contributed by atoms with Crippen LogP contribution in [0.4, 0.5) is 11.5 Å². The van der Waals surface area contributed by atoms with Gasteiger partial charge in [-0.2, -0.15) is 5.10 Å². The monoisotopic (exact) mass is 480 g/mol. The first-order valence-electron chi connectivity index (χ1n) is 11.2. The van der Waals surface area contributed by atoms with Gasteiger partial charge in [0, 0.05) is 29.7 Å². The van der Waals surface area contributed by atoms with E-state index >= 15 is 0 Å². The lowest BCUT2D eigenvalue weighted by Gasteiger charge is -2.32. The van der Waals surface area contributed by atoms with Gasteiger partial charge in [0.15, 0.2) is 0 Å². The van der Waals surface area contributed by atoms with Crippen LogP contribution in [0.15, 0.2) is 30.9 Å². The first-order valence-corrected chi connectivity index (χ1v) is 12.4. The van der Waals surface area contributed by atoms with Crippen molar-refractivity contribution in [1.82, 2.24) is 24.5 Å². The highest BCUT2D eigenvalue weighted by atomic mass is 35.5. The molecule has 4 aromatic rings. The van der Waals surface area contributed by atoms with Crippen LogP contribution in [0.5, 0.6) is 0 Å². The van der Waals surface area contributed by atoms with Crippen molar-refractivity contribution in [2.75, 3.05) is 18.5 Å². The number of amides is 1. The number of aromatic nitrogens is 4. The summed E-state index contributed by atoms with van der Waals surface area (Å²) in [5, 5.41) is 9.26. The highest BCUT2D eigenvalue weighted by Crippen LogP contribution is 2.42. The summed E-state index contributed by atoms with van der Waals surface area (Å²) >= 11 is 8.18. The van der Waals surface area contributed by atoms with E-state index in [1.165, 1.54) is 10.4 Å². The van der Waals surface area contributed by atoms with Crippen LogP contribution in [-0.4, -0.2) is 55.7 Å². The molecule has 4 aromatic heterocycles. The van der Waals surface area contributed by atoms with Crippen molar-refractivity contribution in [2.45, 2.75) is 37.8 Å². The fourth-order valence-electron chi connectivity index (χ4n) is 5.48. The predicted molar refractivity (Wildman–Crippen MR) is 126 cm³/mol. The molecule has 7 rings (SSSR count). The zero-order valence-corrected chi connectivity index (χ0v) is 19.3. The minimum absolute atomic E-state index is 0.0352. The van der Waals surface area contributed by atoms with E-state index < -0.39 is 0 Å². The third-order valence-corrected chi connectivity index (χ3v) is 8.58. The molecule has 0 aromatic carbocycles. The van der Waals surface area contributed by atoms with Crippen LogP contribution in [0.2, 0.25) is 5.02 Å². The Morgan fingerprint density at radius 2 is 2.27 bits per heavy atom. The second kappa shape index (κ2) is 7.38. The molecule has 3 aliphatic rings. The van der Waals surface area contributed by atoms with E-state index in [2.05, 4.69) is 25.3 Å². The van der Waals surface area contributed by atoms with Crippen molar-refractivity contribution < 1.29 is 9.53 Å². The Bertz CT molecular complexity index is 1420. The molecule has 3 atom stereocenters. The third kappa shape index (κ3) is 3.13. The number of morpholine rings is 1. The van der Waals surface area contributed by atoms with E-state index in [-0.39, 0.29) is 18.1 Å². The average Bonchev–Trinajstić information content (AvgIpc) is 3.61. The minimum atomic E-state index is 0.0352. The molecule has 8 nitrogen and oxygen atoms in total. The van der Waals surface area contributed by atoms with Gasteiger partial charge in [0.1, 0.15) is 17.0 Å². The van der Waals surface area contributed by atoms with Gasteiger partial charge >= 0.3 is 0 Å². The van der Waals surface area contributed by atoms with Crippen molar-refractivity contribution in [1.29, 1.82) is 0 Å². The second-order valence-electron chi connectivity index (χ2n) is 9.04. The average molecular weight is 481 g/mol. The van der Waals surface area contributed by atoms with Crippen LogP contribution in [0.25, 0.3) is 15.7 Å². The van der Waals surface area contributed by atoms with Gasteiger partial charge in [0.05, 0.1) is 40.4 Å². The number of ether oxygens (including phenoxy) is 1. The van der Waals surface area contributed by atoms with E-state index in [4.69, 9.17) is 16.3 Å². The number of pyridine rings is 1. The second-order valence-corrected chi connectivity index (χ2v) is 10.5. The summed E-state index contributed by atoms with van der Waals surface area (Å²) < 4.78 is 7.42. The van der Waals surface area contributed by atoms with Crippen molar-refractivity contribution >= 4 is 56.1 Å².